The number of nitrogen functional groups attached to an aromatic ring is 1. The largest absolute Gasteiger partial charge is 0.496 e. The lowest BCUT2D eigenvalue weighted by Gasteiger charge is -2.09. The molecule has 18 heavy (non-hydrogen) atoms. The Labute approximate surface area is 115 Å². The Kier molecular flexibility index (Phi) is 4.04. The summed E-state index contributed by atoms with van der Waals surface area (Å²) in [4.78, 5) is 5.28. The van der Waals surface area contributed by atoms with Gasteiger partial charge in [-0.05, 0) is 12.1 Å². The number of thioether (sulfide) groups is 1. The molecule has 0 aliphatic rings. The maximum atomic E-state index is 5.94. The molecule has 0 bridgehead atoms. The summed E-state index contributed by atoms with van der Waals surface area (Å²) in [5.74, 6) is 2.42. The second-order valence-corrected chi connectivity index (χ2v) is 5.16. The molecular weight excluding hydrogens is 270 g/mol. The molecule has 2 aromatic rings. The highest BCUT2D eigenvalue weighted by Crippen LogP contribution is 2.33. The third-order valence-corrected chi connectivity index (χ3v) is 3.97. The van der Waals surface area contributed by atoms with Gasteiger partial charge in [0.15, 0.2) is 0 Å². The number of nitrogens with two attached hydrogens (primary N) is 1. The zero-order chi connectivity index (χ0) is 13.1. The molecule has 0 aliphatic heterocycles. The number of ether oxygens (including phenoxy) is 1. The van der Waals surface area contributed by atoms with Gasteiger partial charge in [0.2, 0.25) is 0 Å². The predicted molar refractivity (Wildman–Crippen MR) is 75.2 cm³/mol. The van der Waals surface area contributed by atoms with Crippen LogP contribution >= 0.6 is 23.4 Å². The molecule has 1 heterocycles. The number of methoxy groups -OCH3 is 1. The fourth-order valence-electron chi connectivity index (χ4n) is 1.50. The summed E-state index contributed by atoms with van der Waals surface area (Å²) in [6.45, 7) is 0. The molecule has 0 aliphatic carbocycles. The Bertz CT molecular complexity index is 556. The van der Waals surface area contributed by atoms with Crippen molar-refractivity contribution in [3.8, 4) is 5.75 Å². The van der Waals surface area contributed by atoms with Crippen LogP contribution in [0.25, 0.3) is 0 Å². The molecule has 6 heteroatoms. The van der Waals surface area contributed by atoms with E-state index in [1.54, 1.807) is 25.1 Å². The van der Waals surface area contributed by atoms with Crippen molar-refractivity contribution in [1.82, 2.24) is 9.55 Å². The highest BCUT2D eigenvalue weighted by Gasteiger charge is 2.08. The van der Waals surface area contributed by atoms with Crippen LogP contribution < -0.4 is 10.5 Å². The Balaban J connectivity index is 2.13. The van der Waals surface area contributed by atoms with E-state index in [9.17, 15) is 0 Å². The number of benzene rings is 1. The summed E-state index contributed by atoms with van der Waals surface area (Å²) in [5, 5.41) is 0.634. The van der Waals surface area contributed by atoms with E-state index in [2.05, 4.69) is 4.98 Å². The fraction of sp³-hybridized carbons (Fsp3) is 0.250. The lowest BCUT2D eigenvalue weighted by atomic mass is 10.3. The second-order valence-electron chi connectivity index (χ2n) is 3.76. The van der Waals surface area contributed by atoms with Crippen molar-refractivity contribution in [3.63, 3.8) is 0 Å². The summed E-state index contributed by atoms with van der Waals surface area (Å²) in [5.41, 5.74) is 6.41. The molecular formula is C12H14ClN3OS. The first-order valence-electron chi connectivity index (χ1n) is 5.34. The molecule has 0 fully saturated rings. The monoisotopic (exact) mass is 283 g/mol. The zero-order valence-electron chi connectivity index (χ0n) is 10.2. The standard InChI is InChI=1S/C12H14ClN3OS/c1-16-11(13)6-15-12(16)7-18-10-4-3-8(14)5-9(10)17-2/h3-6H,7,14H2,1-2H3. The molecule has 0 radical (unpaired) electrons. The van der Waals surface area contributed by atoms with Crippen molar-refractivity contribution < 1.29 is 4.74 Å². The predicted octanol–water partition coefficient (Wildman–Crippen LogP) is 2.96. The number of rotatable bonds is 4. The summed E-state index contributed by atoms with van der Waals surface area (Å²) >= 11 is 7.58. The third-order valence-electron chi connectivity index (χ3n) is 2.57. The van der Waals surface area contributed by atoms with Crippen LogP contribution in [0.2, 0.25) is 5.15 Å². The quantitative estimate of drug-likeness (QED) is 0.692. The number of hydrogen-bond donors (Lipinski definition) is 1. The van der Waals surface area contributed by atoms with Crippen LogP contribution in [-0.2, 0) is 12.8 Å². The van der Waals surface area contributed by atoms with Crippen molar-refractivity contribution in [2.45, 2.75) is 10.6 Å². The van der Waals surface area contributed by atoms with E-state index in [1.165, 1.54) is 0 Å². The lowest BCUT2D eigenvalue weighted by molar-refractivity contribution is 0.405. The Morgan fingerprint density at radius 1 is 1.50 bits per heavy atom. The average Bonchev–Trinajstić information content (AvgIpc) is 2.68. The number of nitrogens with zero attached hydrogens (tertiary/aromatic N) is 2. The van der Waals surface area contributed by atoms with Crippen LogP contribution in [-0.4, -0.2) is 16.7 Å². The van der Waals surface area contributed by atoms with Crippen LogP contribution in [0.15, 0.2) is 29.3 Å². The Morgan fingerprint density at radius 2 is 2.28 bits per heavy atom. The molecule has 0 spiro atoms. The molecule has 0 saturated carbocycles. The van der Waals surface area contributed by atoms with Gasteiger partial charge in [-0.15, -0.1) is 11.8 Å². The van der Waals surface area contributed by atoms with Gasteiger partial charge in [0.1, 0.15) is 16.7 Å². The highest BCUT2D eigenvalue weighted by molar-refractivity contribution is 7.98. The van der Waals surface area contributed by atoms with Gasteiger partial charge in [0.25, 0.3) is 0 Å². The summed E-state index contributed by atoms with van der Waals surface area (Å²) in [6, 6.07) is 5.62. The summed E-state index contributed by atoms with van der Waals surface area (Å²) in [7, 11) is 3.53. The molecule has 2 rings (SSSR count). The van der Waals surface area contributed by atoms with E-state index in [0.29, 0.717) is 10.8 Å². The van der Waals surface area contributed by atoms with Gasteiger partial charge in [-0.1, -0.05) is 11.6 Å². The molecule has 96 valence electrons. The summed E-state index contributed by atoms with van der Waals surface area (Å²) < 4.78 is 7.16. The van der Waals surface area contributed by atoms with E-state index in [1.807, 2.05) is 29.8 Å². The highest BCUT2D eigenvalue weighted by atomic mass is 35.5. The molecule has 0 atom stereocenters. The Morgan fingerprint density at radius 3 is 2.89 bits per heavy atom. The van der Waals surface area contributed by atoms with Crippen LogP contribution in [0.3, 0.4) is 0 Å². The molecule has 0 saturated heterocycles. The van der Waals surface area contributed by atoms with E-state index < -0.39 is 0 Å². The Hall–Kier alpha value is -1.33. The molecule has 2 N–H and O–H groups in total. The van der Waals surface area contributed by atoms with Gasteiger partial charge in [-0.25, -0.2) is 4.98 Å². The topological polar surface area (TPSA) is 53.1 Å². The van der Waals surface area contributed by atoms with E-state index in [0.717, 1.165) is 22.2 Å². The SMILES string of the molecule is COc1cc(N)ccc1SCc1ncc(Cl)n1C. The maximum Gasteiger partial charge on any atom is 0.134 e. The molecule has 1 aromatic carbocycles. The molecule has 1 aromatic heterocycles. The normalized spacial score (nSPS) is 10.6. The number of anilines is 1. The number of hydrogen-bond acceptors (Lipinski definition) is 4. The van der Waals surface area contributed by atoms with Gasteiger partial charge < -0.3 is 15.0 Å². The zero-order valence-corrected chi connectivity index (χ0v) is 11.8. The van der Waals surface area contributed by atoms with Crippen LogP contribution in [0.4, 0.5) is 5.69 Å². The fourth-order valence-corrected chi connectivity index (χ4v) is 2.65. The molecule has 0 unspecified atom stereocenters. The minimum absolute atomic E-state index is 0.634. The lowest BCUT2D eigenvalue weighted by Crippen LogP contribution is -1.96. The minimum Gasteiger partial charge on any atom is -0.496 e. The van der Waals surface area contributed by atoms with Gasteiger partial charge in [-0.3, -0.25) is 0 Å². The van der Waals surface area contributed by atoms with Crippen LogP contribution in [0, 0.1) is 0 Å². The molecule has 0 amide bonds. The van der Waals surface area contributed by atoms with Crippen molar-refractivity contribution in [2.75, 3.05) is 12.8 Å². The number of imidazole rings is 1. The van der Waals surface area contributed by atoms with Crippen LogP contribution in [0.1, 0.15) is 5.82 Å². The second kappa shape index (κ2) is 5.54. The third kappa shape index (κ3) is 2.73. The van der Waals surface area contributed by atoms with Gasteiger partial charge >= 0.3 is 0 Å². The van der Waals surface area contributed by atoms with E-state index in [4.69, 9.17) is 22.1 Å². The first-order valence-corrected chi connectivity index (χ1v) is 6.70. The van der Waals surface area contributed by atoms with Gasteiger partial charge in [-0.2, -0.15) is 0 Å². The minimum atomic E-state index is 0.634. The maximum absolute atomic E-state index is 5.94. The smallest absolute Gasteiger partial charge is 0.134 e. The summed E-state index contributed by atoms with van der Waals surface area (Å²) in [6.07, 6.45) is 1.65. The van der Waals surface area contributed by atoms with Gasteiger partial charge in [0, 0.05) is 23.7 Å². The van der Waals surface area contributed by atoms with Crippen molar-refractivity contribution in [1.29, 1.82) is 0 Å². The number of halogens is 1. The van der Waals surface area contributed by atoms with Crippen LogP contribution in [0.5, 0.6) is 5.75 Å². The number of aromatic nitrogens is 2. The van der Waals surface area contributed by atoms with E-state index in [-0.39, 0.29) is 0 Å². The average molecular weight is 284 g/mol. The van der Waals surface area contributed by atoms with Gasteiger partial charge in [0.05, 0.1) is 19.1 Å². The first-order chi connectivity index (χ1) is 8.61. The van der Waals surface area contributed by atoms with Crippen molar-refractivity contribution in [2.24, 2.45) is 7.05 Å². The van der Waals surface area contributed by atoms with Crippen molar-refractivity contribution in [3.05, 3.63) is 35.4 Å². The first kappa shape index (κ1) is 13.1. The van der Waals surface area contributed by atoms with Crippen molar-refractivity contribution >= 4 is 29.1 Å². The van der Waals surface area contributed by atoms with E-state index >= 15 is 0 Å². The molecule has 4 nitrogen and oxygen atoms in total.